The largest absolute Gasteiger partial charge is 0.586 e. The smallest absolute Gasteiger partial charge is 0.395 e. The van der Waals surface area contributed by atoms with Crippen LogP contribution in [0.1, 0.15) is 5.69 Å². The standard InChI is InChI=1S/C20H13F3N4O2/c21-14-4-1-2-6-16(14)27-17(9-10-24-27)15-5-3-11-26(25-15)13-7-8-18-19(12-13)29-20(22,23)28-18/h1-12,25H. The highest BCUT2D eigenvalue weighted by Gasteiger charge is 2.43. The van der Waals surface area contributed by atoms with Gasteiger partial charge >= 0.3 is 6.29 Å². The van der Waals surface area contributed by atoms with Crippen molar-refractivity contribution in [2.24, 2.45) is 0 Å². The van der Waals surface area contributed by atoms with Gasteiger partial charge in [0.15, 0.2) is 11.5 Å². The lowest BCUT2D eigenvalue weighted by molar-refractivity contribution is -0.286. The van der Waals surface area contributed by atoms with Crippen LogP contribution in [-0.2, 0) is 0 Å². The Labute approximate surface area is 163 Å². The first-order chi connectivity index (χ1) is 14.0. The van der Waals surface area contributed by atoms with Crippen molar-refractivity contribution in [3.05, 3.63) is 84.6 Å². The van der Waals surface area contributed by atoms with Crippen molar-refractivity contribution in [2.45, 2.75) is 6.29 Å². The van der Waals surface area contributed by atoms with E-state index in [1.165, 1.54) is 22.9 Å². The molecule has 0 fully saturated rings. The number of benzene rings is 2. The van der Waals surface area contributed by atoms with Crippen LogP contribution < -0.4 is 19.9 Å². The molecule has 2 aliphatic rings. The molecule has 6 nitrogen and oxygen atoms in total. The quantitative estimate of drug-likeness (QED) is 0.716. The van der Waals surface area contributed by atoms with Crippen LogP contribution in [0, 0.1) is 5.82 Å². The molecule has 0 spiro atoms. The van der Waals surface area contributed by atoms with E-state index in [4.69, 9.17) is 0 Å². The second kappa shape index (κ2) is 6.33. The Balaban J connectivity index is 1.44. The highest BCUT2D eigenvalue weighted by atomic mass is 19.3. The summed E-state index contributed by atoms with van der Waals surface area (Å²) in [5, 5.41) is 5.84. The molecule has 1 N–H and O–H groups in total. The van der Waals surface area contributed by atoms with Crippen LogP contribution in [0.25, 0.3) is 11.4 Å². The summed E-state index contributed by atoms with van der Waals surface area (Å²) in [6.45, 7) is 0. The number of allylic oxidation sites excluding steroid dienone is 2. The van der Waals surface area contributed by atoms with E-state index in [-0.39, 0.29) is 11.5 Å². The molecule has 9 heteroatoms. The third-order valence-electron chi connectivity index (χ3n) is 4.40. The van der Waals surface area contributed by atoms with Crippen LogP contribution in [0.15, 0.2) is 73.1 Å². The Bertz CT molecular complexity index is 1160. The number of hydrogen-bond donors (Lipinski definition) is 1. The minimum absolute atomic E-state index is 0.0341. The molecular weight excluding hydrogens is 385 g/mol. The van der Waals surface area contributed by atoms with Crippen molar-refractivity contribution in [1.29, 1.82) is 0 Å². The zero-order valence-electron chi connectivity index (χ0n) is 14.7. The number of hydrogen-bond acceptors (Lipinski definition) is 5. The molecule has 2 aliphatic heterocycles. The maximum Gasteiger partial charge on any atom is 0.586 e. The van der Waals surface area contributed by atoms with Crippen LogP contribution in [0.3, 0.4) is 0 Å². The summed E-state index contributed by atoms with van der Waals surface area (Å²) >= 11 is 0. The molecule has 3 aromatic rings. The van der Waals surface area contributed by atoms with Gasteiger partial charge < -0.3 is 9.47 Å². The molecule has 0 unspecified atom stereocenters. The van der Waals surface area contributed by atoms with Gasteiger partial charge in [-0.2, -0.15) is 5.10 Å². The minimum Gasteiger partial charge on any atom is -0.395 e. The molecule has 5 rings (SSSR count). The molecular formula is C20H13F3N4O2. The highest BCUT2D eigenvalue weighted by Crippen LogP contribution is 2.43. The number of para-hydroxylation sites is 1. The van der Waals surface area contributed by atoms with E-state index >= 15 is 0 Å². The number of halogens is 3. The Morgan fingerprint density at radius 3 is 2.69 bits per heavy atom. The number of anilines is 1. The van der Waals surface area contributed by atoms with Gasteiger partial charge in [-0.05, 0) is 42.5 Å². The second-order valence-corrected chi connectivity index (χ2v) is 6.28. The van der Waals surface area contributed by atoms with Crippen LogP contribution in [-0.4, -0.2) is 16.1 Å². The molecule has 0 bridgehead atoms. The van der Waals surface area contributed by atoms with Gasteiger partial charge in [0.25, 0.3) is 0 Å². The maximum absolute atomic E-state index is 14.2. The number of nitrogens with one attached hydrogen (secondary N) is 1. The summed E-state index contributed by atoms with van der Waals surface area (Å²) in [6, 6.07) is 12.5. The zero-order chi connectivity index (χ0) is 20.0. The molecule has 1 aromatic heterocycles. The van der Waals surface area contributed by atoms with Crippen molar-refractivity contribution >= 4 is 11.4 Å². The SMILES string of the molecule is Fc1ccccc1-n1nccc1C1=CC=CN(c2ccc3c(c2)OC(F)(F)O3)N1. The van der Waals surface area contributed by atoms with Gasteiger partial charge in [0.2, 0.25) is 0 Å². The Morgan fingerprint density at radius 2 is 1.83 bits per heavy atom. The van der Waals surface area contributed by atoms with Crippen molar-refractivity contribution in [3.8, 4) is 17.2 Å². The Hall–Kier alpha value is -3.88. The van der Waals surface area contributed by atoms with Gasteiger partial charge in [-0.25, -0.2) is 9.07 Å². The number of nitrogens with zero attached hydrogens (tertiary/aromatic N) is 3. The topological polar surface area (TPSA) is 51.6 Å². The third-order valence-corrected chi connectivity index (χ3v) is 4.40. The highest BCUT2D eigenvalue weighted by molar-refractivity contribution is 5.70. The summed E-state index contributed by atoms with van der Waals surface area (Å²) in [5.74, 6) is -0.499. The number of aromatic nitrogens is 2. The number of ether oxygens (including phenoxy) is 2. The first kappa shape index (κ1) is 17.2. The summed E-state index contributed by atoms with van der Waals surface area (Å²) < 4.78 is 51.1. The van der Waals surface area contributed by atoms with E-state index in [1.807, 2.05) is 0 Å². The predicted octanol–water partition coefficient (Wildman–Crippen LogP) is 4.21. The van der Waals surface area contributed by atoms with Crippen molar-refractivity contribution in [2.75, 3.05) is 5.01 Å². The van der Waals surface area contributed by atoms with Gasteiger partial charge in [0.05, 0.1) is 23.3 Å². The van der Waals surface area contributed by atoms with Gasteiger partial charge in [0, 0.05) is 12.3 Å². The summed E-state index contributed by atoms with van der Waals surface area (Å²) in [4.78, 5) is 0. The zero-order valence-corrected chi connectivity index (χ0v) is 14.7. The van der Waals surface area contributed by atoms with Crippen LogP contribution in [0.4, 0.5) is 18.9 Å². The molecule has 0 amide bonds. The third kappa shape index (κ3) is 3.06. The van der Waals surface area contributed by atoms with E-state index in [0.717, 1.165) is 0 Å². The maximum atomic E-state index is 14.2. The van der Waals surface area contributed by atoms with Crippen molar-refractivity contribution in [3.63, 3.8) is 0 Å². The minimum atomic E-state index is -3.68. The van der Waals surface area contributed by atoms with Crippen LogP contribution in [0.2, 0.25) is 0 Å². The molecule has 0 aliphatic carbocycles. The van der Waals surface area contributed by atoms with E-state index < -0.39 is 12.1 Å². The molecule has 29 heavy (non-hydrogen) atoms. The molecule has 0 atom stereocenters. The van der Waals surface area contributed by atoms with Crippen LogP contribution >= 0.6 is 0 Å². The number of rotatable bonds is 3. The number of alkyl halides is 2. The molecule has 0 saturated carbocycles. The van der Waals surface area contributed by atoms with Gasteiger partial charge in [0.1, 0.15) is 11.5 Å². The Morgan fingerprint density at radius 1 is 1.00 bits per heavy atom. The monoisotopic (exact) mass is 398 g/mol. The normalized spacial score (nSPS) is 16.5. The number of hydrazine groups is 1. The van der Waals surface area contributed by atoms with Gasteiger partial charge in [-0.3, -0.25) is 10.4 Å². The molecule has 0 saturated heterocycles. The van der Waals surface area contributed by atoms with E-state index in [1.54, 1.807) is 59.9 Å². The first-order valence-electron chi connectivity index (χ1n) is 8.64. The summed E-state index contributed by atoms with van der Waals surface area (Å²) in [7, 11) is 0. The first-order valence-corrected chi connectivity index (χ1v) is 8.64. The van der Waals surface area contributed by atoms with Crippen molar-refractivity contribution in [1.82, 2.24) is 15.2 Å². The summed E-state index contributed by atoms with van der Waals surface area (Å²) in [5.41, 5.74) is 5.26. The van der Waals surface area contributed by atoms with E-state index in [2.05, 4.69) is 20.0 Å². The molecule has 2 aromatic carbocycles. The molecule has 0 radical (unpaired) electrons. The predicted molar refractivity (Wildman–Crippen MR) is 98.9 cm³/mol. The summed E-state index contributed by atoms with van der Waals surface area (Å²) in [6.07, 6.45) is 3.16. The number of fused-ring (bicyclic) bond motifs is 1. The fourth-order valence-electron chi connectivity index (χ4n) is 3.13. The van der Waals surface area contributed by atoms with Crippen LogP contribution in [0.5, 0.6) is 11.5 Å². The lowest BCUT2D eigenvalue weighted by atomic mass is 10.2. The fourth-order valence-corrected chi connectivity index (χ4v) is 3.13. The van der Waals surface area contributed by atoms with Gasteiger partial charge in [-0.1, -0.05) is 12.1 Å². The average Bonchev–Trinajstić information content (AvgIpc) is 3.30. The lowest BCUT2D eigenvalue weighted by Gasteiger charge is -2.27. The lowest BCUT2D eigenvalue weighted by Crippen LogP contribution is -2.34. The Kier molecular flexibility index (Phi) is 3.76. The molecule has 3 heterocycles. The second-order valence-electron chi connectivity index (χ2n) is 6.28. The van der Waals surface area contributed by atoms with Crippen molar-refractivity contribution < 1.29 is 22.6 Å². The fraction of sp³-hybridized carbons (Fsp3) is 0.0500. The molecule has 146 valence electrons. The van der Waals surface area contributed by atoms with Gasteiger partial charge in [-0.15, -0.1) is 8.78 Å². The average molecular weight is 398 g/mol. The van der Waals surface area contributed by atoms with E-state index in [9.17, 15) is 13.2 Å². The van der Waals surface area contributed by atoms with E-state index in [0.29, 0.717) is 22.8 Å².